The third kappa shape index (κ3) is 1.47. The Morgan fingerprint density at radius 3 is 2.71 bits per heavy atom. The molecule has 3 nitrogen and oxygen atoms in total. The van der Waals surface area contributed by atoms with Gasteiger partial charge in [0.2, 0.25) is 0 Å². The Balaban J connectivity index is 2.78. The van der Waals surface area contributed by atoms with Crippen molar-refractivity contribution in [1.29, 1.82) is 0 Å². The largest absolute Gasteiger partial charge is 0.298 e. The van der Waals surface area contributed by atoms with Crippen LogP contribution in [0.4, 0.5) is 0 Å². The molecule has 0 bridgehead atoms. The third-order valence-electron chi connectivity index (χ3n) is 1.99. The maximum Gasteiger partial charge on any atom is 0.156 e. The predicted molar refractivity (Wildman–Crippen MR) is 57.1 cm³/mol. The molecular weight excluding hydrogens is 221 g/mol. The summed E-state index contributed by atoms with van der Waals surface area (Å²) in [6.07, 6.45) is 3.44. The molecule has 0 saturated carbocycles. The minimum Gasteiger partial charge on any atom is -0.298 e. The van der Waals surface area contributed by atoms with E-state index in [1.54, 1.807) is 12.4 Å². The lowest BCUT2D eigenvalue weighted by molar-refractivity contribution is 0.769. The van der Waals surface area contributed by atoms with Crippen LogP contribution in [0.15, 0.2) is 12.4 Å². The van der Waals surface area contributed by atoms with Crippen molar-refractivity contribution in [3.05, 3.63) is 28.5 Å². The lowest BCUT2D eigenvalue weighted by atomic mass is 10.2. The molecule has 0 spiro atoms. The number of nitrogens with zero attached hydrogens (tertiary/aromatic N) is 3. The van der Waals surface area contributed by atoms with Crippen molar-refractivity contribution in [2.45, 2.75) is 19.8 Å². The van der Waals surface area contributed by atoms with Gasteiger partial charge in [-0.05, 0) is 0 Å². The fourth-order valence-corrected chi connectivity index (χ4v) is 1.83. The Hall–Kier alpha value is -0.800. The van der Waals surface area contributed by atoms with Gasteiger partial charge in [-0.25, -0.2) is 9.97 Å². The van der Waals surface area contributed by atoms with Crippen molar-refractivity contribution >= 4 is 28.7 Å². The van der Waals surface area contributed by atoms with E-state index >= 15 is 0 Å². The number of halogens is 2. The molecule has 0 saturated heterocycles. The second-order valence-corrected chi connectivity index (χ2v) is 4.13. The summed E-state index contributed by atoms with van der Waals surface area (Å²) in [5, 5.41) is 0.763. The van der Waals surface area contributed by atoms with Crippen molar-refractivity contribution in [1.82, 2.24) is 14.4 Å². The zero-order chi connectivity index (χ0) is 10.3. The lowest BCUT2D eigenvalue weighted by Gasteiger charge is -2.04. The monoisotopic (exact) mass is 229 g/mol. The minimum absolute atomic E-state index is 0.326. The maximum atomic E-state index is 5.92. The molecule has 0 N–H and O–H groups in total. The first-order chi connectivity index (χ1) is 6.59. The molecule has 0 unspecified atom stereocenters. The van der Waals surface area contributed by atoms with Crippen molar-refractivity contribution in [3.8, 4) is 0 Å². The third-order valence-corrected chi connectivity index (χ3v) is 2.45. The van der Waals surface area contributed by atoms with Crippen molar-refractivity contribution < 1.29 is 0 Å². The van der Waals surface area contributed by atoms with Gasteiger partial charge in [0.1, 0.15) is 16.5 Å². The molecule has 2 aromatic heterocycles. The summed E-state index contributed by atoms with van der Waals surface area (Å²) in [6.45, 7) is 4.13. The van der Waals surface area contributed by atoms with Gasteiger partial charge < -0.3 is 0 Å². The summed E-state index contributed by atoms with van der Waals surface area (Å²) in [4.78, 5) is 8.22. The van der Waals surface area contributed by atoms with Crippen molar-refractivity contribution in [3.63, 3.8) is 0 Å². The molecule has 2 heterocycles. The van der Waals surface area contributed by atoms with E-state index in [1.165, 1.54) is 0 Å². The fraction of sp³-hybridized carbons (Fsp3) is 0.333. The number of rotatable bonds is 1. The van der Waals surface area contributed by atoms with Gasteiger partial charge in [-0.2, -0.15) is 0 Å². The Labute approximate surface area is 91.7 Å². The highest BCUT2D eigenvalue weighted by Gasteiger charge is 2.11. The molecule has 0 aliphatic rings. The van der Waals surface area contributed by atoms with Crippen LogP contribution >= 0.6 is 23.2 Å². The molecule has 0 radical (unpaired) electrons. The highest BCUT2D eigenvalue weighted by Crippen LogP contribution is 2.22. The van der Waals surface area contributed by atoms with Gasteiger partial charge in [0.05, 0.1) is 6.20 Å². The highest BCUT2D eigenvalue weighted by atomic mass is 35.5. The summed E-state index contributed by atoms with van der Waals surface area (Å²) in [5.74, 6) is 1.26. The van der Waals surface area contributed by atoms with Crippen LogP contribution in [0.5, 0.6) is 0 Å². The first kappa shape index (κ1) is 9.74. The SMILES string of the molecule is CC(C)c1ncc2c(Cl)nc(Cl)cn12. The minimum atomic E-state index is 0.326. The number of hydrogen-bond donors (Lipinski definition) is 0. The van der Waals surface area contributed by atoms with Gasteiger partial charge in [0.25, 0.3) is 0 Å². The highest BCUT2D eigenvalue weighted by molar-refractivity contribution is 6.34. The molecular formula is C9H9Cl2N3. The normalized spacial score (nSPS) is 11.5. The summed E-state index contributed by atoms with van der Waals surface area (Å²) in [6, 6.07) is 0. The summed E-state index contributed by atoms with van der Waals surface area (Å²) >= 11 is 11.7. The van der Waals surface area contributed by atoms with Crippen molar-refractivity contribution in [2.75, 3.05) is 0 Å². The molecule has 0 amide bonds. The van der Waals surface area contributed by atoms with Gasteiger partial charge in [-0.15, -0.1) is 0 Å². The topological polar surface area (TPSA) is 30.2 Å². The molecule has 0 fully saturated rings. The summed E-state index contributed by atoms with van der Waals surface area (Å²) < 4.78 is 1.88. The van der Waals surface area contributed by atoms with Crippen LogP contribution in [0, 0.1) is 0 Å². The average Bonchev–Trinajstić information content (AvgIpc) is 2.47. The fourth-order valence-electron chi connectivity index (χ4n) is 1.38. The summed E-state index contributed by atoms with van der Waals surface area (Å²) in [7, 11) is 0. The molecule has 5 heteroatoms. The van der Waals surface area contributed by atoms with Crippen LogP contribution in [0.3, 0.4) is 0 Å². The number of fused-ring (bicyclic) bond motifs is 1. The van der Waals surface area contributed by atoms with E-state index < -0.39 is 0 Å². The van der Waals surface area contributed by atoms with E-state index in [4.69, 9.17) is 23.2 Å². The van der Waals surface area contributed by atoms with Crippen LogP contribution in [0.25, 0.3) is 5.52 Å². The predicted octanol–water partition coefficient (Wildman–Crippen LogP) is 3.16. The van der Waals surface area contributed by atoms with E-state index in [1.807, 2.05) is 4.40 Å². The number of aromatic nitrogens is 3. The van der Waals surface area contributed by atoms with Gasteiger partial charge in [-0.3, -0.25) is 4.40 Å². The number of hydrogen-bond acceptors (Lipinski definition) is 2. The molecule has 0 aliphatic carbocycles. The van der Waals surface area contributed by atoms with E-state index in [9.17, 15) is 0 Å². The zero-order valence-corrected chi connectivity index (χ0v) is 9.34. The molecule has 0 aliphatic heterocycles. The second-order valence-electron chi connectivity index (χ2n) is 3.38. The standard InChI is InChI=1S/C9H9Cl2N3/c1-5(2)9-12-3-6-8(11)13-7(10)4-14(6)9/h3-5H,1-2H3. The quantitative estimate of drug-likeness (QED) is 0.753. The van der Waals surface area contributed by atoms with Crippen LogP contribution in [0.2, 0.25) is 10.3 Å². The Bertz CT molecular complexity index is 476. The van der Waals surface area contributed by atoms with Gasteiger partial charge in [0.15, 0.2) is 5.15 Å². The maximum absolute atomic E-state index is 5.92. The molecule has 0 atom stereocenters. The van der Waals surface area contributed by atoms with E-state index in [2.05, 4.69) is 23.8 Å². The molecule has 14 heavy (non-hydrogen) atoms. The number of imidazole rings is 1. The van der Waals surface area contributed by atoms with Gasteiger partial charge in [0, 0.05) is 12.1 Å². The Morgan fingerprint density at radius 2 is 2.07 bits per heavy atom. The first-order valence-electron chi connectivity index (χ1n) is 4.28. The molecule has 0 aromatic carbocycles. The zero-order valence-electron chi connectivity index (χ0n) is 7.83. The van der Waals surface area contributed by atoms with E-state index in [0.29, 0.717) is 16.2 Å². The van der Waals surface area contributed by atoms with E-state index in [-0.39, 0.29) is 0 Å². The second kappa shape index (κ2) is 3.41. The molecule has 2 rings (SSSR count). The van der Waals surface area contributed by atoms with E-state index in [0.717, 1.165) is 11.3 Å². The molecule has 2 aromatic rings. The van der Waals surface area contributed by atoms with Crippen LogP contribution in [-0.2, 0) is 0 Å². The lowest BCUT2D eigenvalue weighted by Crippen LogP contribution is -1.97. The summed E-state index contributed by atoms with van der Waals surface area (Å²) in [5.41, 5.74) is 0.791. The smallest absolute Gasteiger partial charge is 0.156 e. The van der Waals surface area contributed by atoms with Gasteiger partial charge >= 0.3 is 0 Å². The van der Waals surface area contributed by atoms with Crippen LogP contribution in [0.1, 0.15) is 25.6 Å². The Kier molecular flexibility index (Phi) is 2.37. The van der Waals surface area contributed by atoms with Crippen LogP contribution in [-0.4, -0.2) is 14.4 Å². The van der Waals surface area contributed by atoms with Crippen LogP contribution < -0.4 is 0 Å². The molecule has 74 valence electrons. The Morgan fingerprint density at radius 1 is 1.36 bits per heavy atom. The van der Waals surface area contributed by atoms with Gasteiger partial charge in [-0.1, -0.05) is 37.0 Å². The average molecular weight is 230 g/mol. The van der Waals surface area contributed by atoms with Crippen molar-refractivity contribution in [2.24, 2.45) is 0 Å². The first-order valence-corrected chi connectivity index (χ1v) is 5.04.